The summed E-state index contributed by atoms with van der Waals surface area (Å²) in [4.78, 5) is 0. The van der Waals surface area contributed by atoms with E-state index in [9.17, 15) is 0 Å². The van der Waals surface area contributed by atoms with E-state index in [1.807, 2.05) is 24.3 Å². The fraction of sp³-hybridized carbons (Fsp3) is 0.133. The second kappa shape index (κ2) is 5.24. The van der Waals surface area contributed by atoms with Crippen LogP contribution in [0.2, 0.25) is 0 Å². The molecule has 0 heterocycles. The Hall–Kier alpha value is -2.47. The molecule has 0 saturated carbocycles. The lowest BCUT2D eigenvalue weighted by Gasteiger charge is -2.09. The molecule has 0 aliphatic carbocycles. The van der Waals surface area contributed by atoms with Crippen LogP contribution < -0.4 is 9.47 Å². The normalized spacial score (nSPS) is 9.61. The molecule has 0 spiro atoms. The quantitative estimate of drug-likeness (QED) is 0.825. The maximum atomic E-state index is 9.09. The van der Waals surface area contributed by atoms with Crippen molar-refractivity contribution in [3.05, 3.63) is 48.0 Å². The van der Waals surface area contributed by atoms with E-state index >= 15 is 0 Å². The third-order valence-electron chi connectivity index (χ3n) is 2.63. The highest BCUT2D eigenvalue weighted by atomic mass is 16.5. The Kier molecular flexibility index (Phi) is 3.49. The molecule has 3 nitrogen and oxygen atoms in total. The van der Waals surface area contributed by atoms with Crippen LogP contribution in [-0.2, 0) is 0 Å². The first-order valence-corrected chi connectivity index (χ1v) is 5.42. The zero-order valence-electron chi connectivity index (χ0n) is 10.2. The van der Waals surface area contributed by atoms with Gasteiger partial charge in [-0.2, -0.15) is 5.26 Å². The van der Waals surface area contributed by atoms with Crippen molar-refractivity contribution >= 4 is 0 Å². The SMILES string of the molecule is COc1cc(OC)cc(-c2ccc[c]c2C#N)c1. The molecule has 89 valence electrons. The second-order valence-corrected chi connectivity index (χ2v) is 3.67. The maximum absolute atomic E-state index is 9.09. The molecule has 2 aromatic rings. The van der Waals surface area contributed by atoms with Crippen molar-refractivity contribution in [1.82, 2.24) is 0 Å². The zero-order valence-corrected chi connectivity index (χ0v) is 10.2. The van der Waals surface area contributed by atoms with Gasteiger partial charge in [0.2, 0.25) is 0 Å². The summed E-state index contributed by atoms with van der Waals surface area (Å²) in [6.07, 6.45) is 0. The molecule has 0 N–H and O–H groups in total. The molecule has 18 heavy (non-hydrogen) atoms. The minimum Gasteiger partial charge on any atom is -0.497 e. The standard InChI is InChI=1S/C15H12NO2/c1-17-13-7-12(8-14(9-13)18-2)15-6-4-3-5-11(15)10-16/h3-4,6-9H,1-2H3. The van der Waals surface area contributed by atoms with Gasteiger partial charge < -0.3 is 9.47 Å². The van der Waals surface area contributed by atoms with Gasteiger partial charge in [0.1, 0.15) is 17.6 Å². The highest BCUT2D eigenvalue weighted by Crippen LogP contribution is 2.31. The van der Waals surface area contributed by atoms with Crippen molar-refractivity contribution in [2.45, 2.75) is 0 Å². The van der Waals surface area contributed by atoms with Crippen molar-refractivity contribution < 1.29 is 9.47 Å². The van der Waals surface area contributed by atoms with E-state index in [4.69, 9.17) is 14.7 Å². The van der Waals surface area contributed by atoms with Crippen LogP contribution in [0.15, 0.2) is 36.4 Å². The van der Waals surface area contributed by atoms with Gasteiger partial charge in [0.15, 0.2) is 0 Å². The van der Waals surface area contributed by atoms with Gasteiger partial charge in [-0.25, -0.2) is 0 Å². The maximum Gasteiger partial charge on any atom is 0.123 e. The third-order valence-corrected chi connectivity index (χ3v) is 2.63. The van der Waals surface area contributed by atoms with Crippen molar-refractivity contribution in [2.75, 3.05) is 14.2 Å². The van der Waals surface area contributed by atoms with Crippen LogP contribution in [0, 0.1) is 17.4 Å². The molecular formula is C15H12NO2. The van der Waals surface area contributed by atoms with E-state index in [1.165, 1.54) is 0 Å². The van der Waals surface area contributed by atoms with Gasteiger partial charge in [-0.05, 0) is 17.7 Å². The summed E-state index contributed by atoms with van der Waals surface area (Å²) in [6.45, 7) is 0. The second-order valence-electron chi connectivity index (χ2n) is 3.67. The van der Waals surface area contributed by atoms with E-state index in [-0.39, 0.29) is 0 Å². The number of nitriles is 1. The number of hydrogen-bond donors (Lipinski definition) is 0. The van der Waals surface area contributed by atoms with Crippen LogP contribution in [0.4, 0.5) is 0 Å². The van der Waals surface area contributed by atoms with Gasteiger partial charge in [-0.1, -0.05) is 18.2 Å². The topological polar surface area (TPSA) is 42.2 Å². The molecule has 0 saturated heterocycles. The molecule has 0 fully saturated rings. The summed E-state index contributed by atoms with van der Waals surface area (Å²) in [5.41, 5.74) is 2.20. The summed E-state index contributed by atoms with van der Waals surface area (Å²) in [5, 5.41) is 9.09. The number of rotatable bonds is 3. The Balaban J connectivity index is 2.60. The highest BCUT2D eigenvalue weighted by molar-refractivity contribution is 5.72. The predicted molar refractivity (Wildman–Crippen MR) is 68.5 cm³/mol. The first kappa shape index (κ1) is 12.0. The Morgan fingerprint density at radius 2 is 1.78 bits per heavy atom. The average Bonchev–Trinajstić information content (AvgIpc) is 2.46. The van der Waals surface area contributed by atoms with Crippen LogP contribution >= 0.6 is 0 Å². The summed E-state index contributed by atoms with van der Waals surface area (Å²) < 4.78 is 10.4. The van der Waals surface area contributed by atoms with Crippen LogP contribution in [-0.4, -0.2) is 14.2 Å². The summed E-state index contributed by atoms with van der Waals surface area (Å²) in [5.74, 6) is 1.38. The molecule has 2 rings (SSSR count). The number of hydrogen-bond acceptors (Lipinski definition) is 3. The number of methoxy groups -OCH3 is 2. The van der Waals surface area contributed by atoms with Gasteiger partial charge in [0.25, 0.3) is 0 Å². The van der Waals surface area contributed by atoms with E-state index in [0.29, 0.717) is 17.1 Å². The third kappa shape index (κ3) is 2.28. The molecule has 0 amide bonds. The highest BCUT2D eigenvalue weighted by Gasteiger charge is 2.08. The first-order chi connectivity index (χ1) is 8.78. The van der Waals surface area contributed by atoms with Gasteiger partial charge >= 0.3 is 0 Å². The van der Waals surface area contributed by atoms with Gasteiger partial charge in [0.05, 0.1) is 19.8 Å². The van der Waals surface area contributed by atoms with Gasteiger partial charge in [-0.3, -0.25) is 0 Å². The molecule has 0 aliphatic heterocycles. The van der Waals surface area contributed by atoms with E-state index in [2.05, 4.69) is 12.1 Å². The molecular weight excluding hydrogens is 226 g/mol. The van der Waals surface area contributed by atoms with Crippen molar-refractivity contribution in [1.29, 1.82) is 5.26 Å². The van der Waals surface area contributed by atoms with Crippen LogP contribution in [0.25, 0.3) is 11.1 Å². The Morgan fingerprint density at radius 1 is 1.11 bits per heavy atom. The minimum absolute atomic E-state index is 0.507. The fourth-order valence-electron chi connectivity index (χ4n) is 1.73. The largest absolute Gasteiger partial charge is 0.497 e. The molecule has 0 bridgehead atoms. The van der Waals surface area contributed by atoms with Crippen molar-refractivity contribution in [3.8, 4) is 28.7 Å². The summed E-state index contributed by atoms with van der Waals surface area (Å²) >= 11 is 0. The molecule has 3 heteroatoms. The molecule has 0 unspecified atom stereocenters. The molecule has 0 atom stereocenters. The number of nitrogens with zero attached hydrogens (tertiary/aromatic N) is 1. The first-order valence-electron chi connectivity index (χ1n) is 5.42. The number of ether oxygens (including phenoxy) is 2. The predicted octanol–water partition coefficient (Wildman–Crippen LogP) is 3.04. The molecule has 1 radical (unpaired) electrons. The molecule has 0 aliphatic rings. The van der Waals surface area contributed by atoms with Crippen molar-refractivity contribution in [3.63, 3.8) is 0 Å². The lowest BCUT2D eigenvalue weighted by molar-refractivity contribution is 0.394. The fourth-order valence-corrected chi connectivity index (χ4v) is 1.73. The lowest BCUT2D eigenvalue weighted by Crippen LogP contribution is -1.90. The number of benzene rings is 2. The zero-order chi connectivity index (χ0) is 13.0. The van der Waals surface area contributed by atoms with Crippen molar-refractivity contribution in [2.24, 2.45) is 0 Å². The van der Waals surface area contributed by atoms with Crippen LogP contribution in [0.5, 0.6) is 11.5 Å². The smallest absolute Gasteiger partial charge is 0.123 e. The minimum atomic E-state index is 0.507. The van der Waals surface area contributed by atoms with Gasteiger partial charge in [0, 0.05) is 17.7 Å². The van der Waals surface area contributed by atoms with E-state index in [1.54, 1.807) is 26.4 Å². The molecule has 2 aromatic carbocycles. The lowest BCUT2D eigenvalue weighted by atomic mass is 10.00. The summed E-state index contributed by atoms with van der Waals surface area (Å²) in [6, 6.07) is 16.0. The van der Waals surface area contributed by atoms with E-state index < -0.39 is 0 Å². The van der Waals surface area contributed by atoms with E-state index in [0.717, 1.165) is 11.1 Å². The Labute approximate surface area is 106 Å². The monoisotopic (exact) mass is 238 g/mol. The Bertz CT molecular complexity index is 577. The Morgan fingerprint density at radius 3 is 2.33 bits per heavy atom. The summed E-state index contributed by atoms with van der Waals surface area (Å²) in [7, 11) is 3.20. The van der Waals surface area contributed by atoms with Crippen LogP contribution in [0.3, 0.4) is 0 Å². The molecule has 0 aromatic heterocycles. The van der Waals surface area contributed by atoms with Crippen LogP contribution in [0.1, 0.15) is 5.56 Å². The van der Waals surface area contributed by atoms with Gasteiger partial charge in [-0.15, -0.1) is 0 Å². The average molecular weight is 238 g/mol.